The van der Waals surface area contributed by atoms with E-state index in [1.54, 1.807) is 28.6 Å². The number of hydrogen-bond donors (Lipinski definition) is 0. The van der Waals surface area contributed by atoms with Gasteiger partial charge in [0.25, 0.3) is 0 Å². The predicted octanol–water partition coefficient (Wildman–Crippen LogP) is 1.98. The summed E-state index contributed by atoms with van der Waals surface area (Å²) in [4.78, 5) is 4.73. The third-order valence-electron chi connectivity index (χ3n) is 5.26. The van der Waals surface area contributed by atoms with Crippen molar-refractivity contribution in [2.75, 3.05) is 49.1 Å². The lowest BCUT2D eigenvalue weighted by Crippen LogP contribution is -2.49. The third-order valence-corrected chi connectivity index (χ3v) is 7.17. The summed E-state index contributed by atoms with van der Waals surface area (Å²) in [6.07, 6.45) is 3.71. The molecular formula is C19H25N5O2S. The lowest BCUT2D eigenvalue weighted by atomic mass is 10.1. The van der Waals surface area contributed by atoms with E-state index in [0.29, 0.717) is 31.1 Å². The molecule has 0 aliphatic carbocycles. The first-order chi connectivity index (χ1) is 13.1. The molecule has 2 aliphatic heterocycles. The summed E-state index contributed by atoms with van der Waals surface area (Å²) in [5.74, 6) is 1.75. The van der Waals surface area contributed by atoms with E-state index in [9.17, 15) is 8.42 Å². The Labute approximate surface area is 160 Å². The number of piperazine rings is 1. The molecule has 0 unspecified atom stereocenters. The van der Waals surface area contributed by atoms with Crippen molar-refractivity contribution in [3.8, 4) is 0 Å². The van der Waals surface area contributed by atoms with Crippen LogP contribution in [0, 0.1) is 0 Å². The van der Waals surface area contributed by atoms with Crippen molar-refractivity contribution in [1.82, 2.24) is 14.5 Å². The Morgan fingerprint density at radius 2 is 1.22 bits per heavy atom. The molecule has 0 radical (unpaired) electrons. The van der Waals surface area contributed by atoms with Crippen LogP contribution in [0.4, 0.5) is 11.6 Å². The first-order valence-electron chi connectivity index (χ1n) is 9.53. The van der Waals surface area contributed by atoms with Gasteiger partial charge in [0.15, 0.2) is 11.6 Å². The maximum absolute atomic E-state index is 12.7. The Hall–Kier alpha value is -2.19. The number of rotatable bonds is 4. The van der Waals surface area contributed by atoms with Crippen molar-refractivity contribution < 1.29 is 8.42 Å². The Morgan fingerprint density at radius 1 is 0.667 bits per heavy atom. The summed E-state index contributed by atoms with van der Waals surface area (Å²) in [5.41, 5.74) is 0. The van der Waals surface area contributed by atoms with Gasteiger partial charge in [-0.2, -0.15) is 4.31 Å². The van der Waals surface area contributed by atoms with Crippen molar-refractivity contribution in [1.29, 1.82) is 0 Å². The molecule has 2 fully saturated rings. The van der Waals surface area contributed by atoms with Crippen LogP contribution in [0.1, 0.15) is 19.3 Å². The number of nitrogens with zero attached hydrogens (tertiary/aromatic N) is 5. The minimum atomic E-state index is -3.42. The van der Waals surface area contributed by atoms with Crippen LogP contribution >= 0.6 is 0 Å². The number of hydrogen-bond acceptors (Lipinski definition) is 6. The lowest BCUT2D eigenvalue weighted by Gasteiger charge is -2.34. The molecule has 3 heterocycles. The molecule has 0 bridgehead atoms. The first kappa shape index (κ1) is 18.2. The molecule has 8 heteroatoms. The van der Waals surface area contributed by atoms with Gasteiger partial charge in [0.05, 0.1) is 4.90 Å². The number of aromatic nitrogens is 2. The van der Waals surface area contributed by atoms with Gasteiger partial charge in [-0.25, -0.2) is 8.42 Å². The minimum absolute atomic E-state index is 0.351. The highest BCUT2D eigenvalue weighted by atomic mass is 32.2. The van der Waals surface area contributed by atoms with Crippen molar-refractivity contribution in [2.24, 2.45) is 0 Å². The average Bonchev–Trinajstić information content (AvgIpc) is 2.75. The van der Waals surface area contributed by atoms with E-state index >= 15 is 0 Å². The van der Waals surface area contributed by atoms with E-state index in [1.807, 2.05) is 18.2 Å². The fraction of sp³-hybridized carbons (Fsp3) is 0.474. The third kappa shape index (κ3) is 3.91. The molecule has 0 N–H and O–H groups in total. The topological polar surface area (TPSA) is 69.6 Å². The summed E-state index contributed by atoms with van der Waals surface area (Å²) in [6, 6.07) is 12.6. The van der Waals surface area contributed by atoms with E-state index in [4.69, 9.17) is 0 Å². The van der Waals surface area contributed by atoms with E-state index in [1.165, 1.54) is 19.3 Å². The SMILES string of the molecule is O=S(=O)(c1ccccc1)N1CCN(c2ccc(N3CCCCC3)nn2)CC1. The maximum atomic E-state index is 12.7. The van der Waals surface area contributed by atoms with Gasteiger partial charge in [-0.1, -0.05) is 18.2 Å². The quantitative estimate of drug-likeness (QED) is 0.799. The molecular weight excluding hydrogens is 362 g/mol. The molecule has 1 aromatic carbocycles. The summed E-state index contributed by atoms with van der Waals surface area (Å²) in [7, 11) is -3.42. The number of benzene rings is 1. The number of sulfonamides is 1. The van der Waals surface area contributed by atoms with Gasteiger partial charge >= 0.3 is 0 Å². The van der Waals surface area contributed by atoms with Crippen LogP contribution in [0.2, 0.25) is 0 Å². The fourth-order valence-electron chi connectivity index (χ4n) is 3.68. The van der Waals surface area contributed by atoms with Crippen LogP contribution in [0.15, 0.2) is 47.4 Å². The minimum Gasteiger partial charge on any atom is -0.355 e. The number of anilines is 2. The van der Waals surface area contributed by atoms with Gasteiger partial charge in [0.2, 0.25) is 10.0 Å². The first-order valence-corrected chi connectivity index (χ1v) is 11.0. The highest BCUT2D eigenvalue weighted by Crippen LogP contribution is 2.22. The predicted molar refractivity (Wildman–Crippen MR) is 106 cm³/mol. The zero-order valence-corrected chi connectivity index (χ0v) is 16.2. The summed E-state index contributed by atoms with van der Waals surface area (Å²) in [5, 5.41) is 8.78. The largest absolute Gasteiger partial charge is 0.355 e. The molecule has 144 valence electrons. The highest BCUT2D eigenvalue weighted by molar-refractivity contribution is 7.89. The summed E-state index contributed by atoms with van der Waals surface area (Å²) >= 11 is 0. The Balaban J connectivity index is 1.39. The molecule has 4 rings (SSSR count). The summed E-state index contributed by atoms with van der Waals surface area (Å²) < 4.78 is 27.0. The van der Waals surface area contributed by atoms with Crippen LogP contribution in [0.3, 0.4) is 0 Å². The van der Waals surface area contributed by atoms with Crippen LogP contribution in [-0.2, 0) is 10.0 Å². The molecule has 0 amide bonds. The Kier molecular flexibility index (Phi) is 5.27. The lowest BCUT2D eigenvalue weighted by molar-refractivity contribution is 0.383. The zero-order chi connectivity index (χ0) is 18.7. The smallest absolute Gasteiger partial charge is 0.243 e. The van der Waals surface area contributed by atoms with E-state index in [0.717, 1.165) is 24.7 Å². The van der Waals surface area contributed by atoms with Gasteiger partial charge in [0, 0.05) is 39.3 Å². The van der Waals surface area contributed by atoms with Crippen molar-refractivity contribution in [3.63, 3.8) is 0 Å². The van der Waals surface area contributed by atoms with Gasteiger partial charge < -0.3 is 9.80 Å². The molecule has 2 aromatic rings. The van der Waals surface area contributed by atoms with Gasteiger partial charge in [-0.15, -0.1) is 10.2 Å². The van der Waals surface area contributed by atoms with Crippen LogP contribution in [-0.4, -0.2) is 62.2 Å². The fourth-order valence-corrected chi connectivity index (χ4v) is 5.12. The van der Waals surface area contributed by atoms with Crippen LogP contribution < -0.4 is 9.80 Å². The number of piperidine rings is 1. The van der Waals surface area contributed by atoms with Crippen molar-refractivity contribution in [3.05, 3.63) is 42.5 Å². The van der Waals surface area contributed by atoms with Crippen LogP contribution in [0.5, 0.6) is 0 Å². The molecule has 2 saturated heterocycles. The molecule has 1 aromatic heterocycles. The average molecular weight is 388 g/mol. The second-order valence-electron chi connectivity index (χ2n) is 7.00. The van der Waals surface area contributed by atoms with Crippen molar-refractivity contribution in [2.45, 2.75) is 24.2 Å². The Bertz CT molecular complexity index is 843. The second-order valence-corrected chi connectivity index (χ2v) is 8.94. The molecule has 0 spiro atoms. The molecule has 0 saturated carbocycles. The van der Waals surface area contributed by atoms with E-state index < -0.39 is 10.0 Å². The van der Waals surface area contributed by atoms with Crippen LogP contribution in [0.25, 0.3) is 0 Å². The molecule has 2 aliphatic rings. The molecule has 0 atom stereocenters. The van der Waals surface area contributed by atoms with Gasteiger partial charge in [-0.3, -0.25) is 0 Å². The van der Waals surface area contributed by atoms with Crippen molar-refractivity contribution >= 4 is 21.7 Å². The summed E-state index contributed by atoms with van der Waals surface area (Å²) in [6.45, 7) is 4.22. The zero-order valence-electron chi connectivity index (χ0n) is 15.4. The monoisotopic (exact) mass is 387 g/mol. The second kappa shape index (κ2) is 7.82. The highest BCUT2D eigenvalue weighted by Gasteiger charge is 2.28. The molecule has 27 heavy (non-hydrogen) atoms. The van der Waals surface area contributed by atoms with E-state index in [2.05, 4.69) is 20.0 Å². The molecule has 7 nitrogen and oxygen atoms in total. The maximum Gasteiger partial charge on any atom is 0.243 e. The Morgan fingerprint density at radius 3 is 1.78 bits per heavy atom. The van der Waals surface area contributed by atoms with E-state index in [-0.39, 0.29) is 0 Å². The van der Waals surface area contributed by atoms with Gasteiger partial charge in [0.1, 0.15) is 0 Å². The van der Waals surface area contributed by atoms with Gasteiger partial charge in [-0.05, 0) is 43.5 Å². The standard InChI is InChI=1S/C19H25N5O2S/c25-27(26,17-7-3-1-4-8-17)24-15-13-23(14-16-24)19-10-9-18(20-21-19)22-11-5-2-6-12-22/h1,3-4,7-10H,2,5-6,11-16H2. The normalized spacial score (nSPS) is 19.3.